The summed E-state index contributed by atoms with van der Waals surface area (Å²) in [6.07, 6.45) is -0.394. The average Bonchev–Trinajstić information content (AvgIpc) is 2.43. The predicted octanol–water partition coefficient (Wildman–Crippen LogP) is 1.77. The van der Waals surface area contributed by atoms with E-state index in [2.05, 4.69) is 0 Å². The first-order valence-electron chi connectivity index (χ1n) is 5.66. The van der Waals surface area contributed by atoms with Crippen molar-refractivity contribution in [2.75, 3.05) is 6.61 Å². The van der Waals surface area contributed by atoms with E-state index in [0.29, 0.717) is 6.61 Å². The Kier molecular flexibility index (Phi) is 3.61. The molecule has 0 amide bonds. The summed E-state index contributed by atoms with van der Waals surface area (Å²) >= 11 is 0. The summed E-state index contributed by atoms with van der Waals surface area (Å²) in [5.41, 5.74) is -0.252. The summed E-state index contributed by atoms with van der Waals surface area (Å²) < 4.78 is 10.3. The summed E-state index contributed by atoms with van der Waals surface area (Å²) in [4.78, 5) is 23.3. The molecule has 0 unspecified atom stereocenters. The zero-order valence-corrected chi connectivity index (χ0v) is 10.6. The SMILES string of the molecule is CCOC(=O)[C@@H]1[C@H](C)C(=O)O[C@@H]1C(C)(C)C. The molecule has 0 saturated carbocycles. The Balaban J connectivity index is 2.92. The molecule has 0 aromatic rings. The van der Waals surface area contributed by atoms with E-state index in [0.717, 1.165) is 0 Å². The Bertz CT molecular complexity index is 290. The normalized spacial score (nSPS) is 30.1. The highest BCUT2D eigenvalue weighted by Gasteiger charge is 2.51. The zero-order valence-electron chi connectivity index (χ0n) is 10.6. The minimum atomic E-state index is -0.479. The third kappa shape index (κ3) is 2.36. The van der Waals surface area contributed by atoms with Gasteiger partial charge in [-0.3, -0.25) is 9.59 Å². The van der Waals surface area contributed by atoms with Crippen molar-refractivity contribution < 1.29 is 19.1 Å². The van der Waals surface area contributed by atoms with E-state index in [1.54, 1.807) is 13.8 Å². The number of ether oxygens (including phenoxy) is 2. The van der Waals surface area contributed by atoms with E-state index in [1.165, 1.54) is 0 Å². The molecule has 16 heavy (non-hydrogen) atoms. The van der Waals surface area contributed by atoms with Crippen LogP contribution in [-0.4, -0.2) is 24.6 Å². The Morgan fingerprint density at radius 3 is 2.44 bits per heavy atom. The van der Waals surface area contributed by atoms with Crippen molar-refractivity contribution in [3.8, 4) is 0 Å². The molecule has 0 aromatic heterocycles. The maximum Gasteiger partial charge on any atom is 0.313 e. The molecule has 1 heterocycles. The number of hydrogen-bond acceptors (Lipinski definition) is 4. The van der Waals surface area contributed by atoms with Gasteiger partial charge in [-0.05, 0) is 12.3 Å². The molecule has 0 aliphatic carbocycles. The van der Waals surface area contributed by atoms with Gasteiger partial charge in [0.2, 0.25) is 0 Å². The van der Waals surface area contributed by atoms with Crippen LogP contribution in [0, 0.1) is 17.3 Å². The molecule has 4 nitrogen and oxygen atoms in total. The number of esters is 2. The van der Waals surface area contributed by atoms with E-state index in [-0.39, 0.29) is 17.4 Å². The molecule has 0 aromatic carbocycles. The monoisotopic (exact) mass is 228 g/mol. The van der Waals surface area contributed by atoms with Crippen molar-refractivity contribution in [1.82, 2.24) is 0 Å². The van der Waals surface area contributed by atoms with Gasteiger partial charge >= 0.3 is 11.9 Å². The predicted molar refractivity (Wildman–Crippen MR) is 58.6 cm³/mol. The van der Waals surface area contributed by atoms with Crippen LogP contribution in [0.4, 0.5) is 0 Å². The first kappa shape index (κ1) is 13.0. The largest absolute Gasteiger partial charge is 0.466 e. The van der Waals surface area contributed by atoms with Gasteiger partial charge in [0.15, 0.2) is 0 Å². The number of carbonyl (C=O) groups excluding carboxylic acids is 2. The molecule has 1 aliphatic rings. The maximum atomic E-state index is 11.8. The van der Waals surface area contributed by atoms with Gasteiger partial charge in [0, 0.05) is 0 Å². The summed E-state index contributed by atoms with van der Waals surface area (Å²) in [7, 11) is 0. The second-order valence-corrected chi connectivity index (χ2v) is 5.29. The summed E-state index contributed by atoms with van der Waals surface area (Å²) in [5.74, 6) is -1.53. The fourth-order valence-electron chi connectivity index (χ4n) is 2.00. The average molecular weight is 228 g/mol. The fourth-order valence-corrected chi connectivity index (χ4v) is 2.00. The van der Waals surface area contributed by atoms with Crippen LogP contribution in [0.15, 0.2) is 0 Å². The summed E-state index contributed by atoms with van der Waals surface area (Å²) in [6, 6.07) is 0. The standard InChI is InChI=1S/C12H20O4/c1-6-15-11(14)8-7(2)10(13)16-9(8)12(3,4)5/h7-9H,6H2,1-5H3/t7-,8+,9-/m0/s1. The van der Waals surface area contributed by atoms with Gasteiger partial charge in [0.05, 0.1) is 12.5 Å². The first-order valence-corrected chi connectivity index (χ1v) is 5.66. The Labute approximate surface area is 96.3 Å². The van der Waals surface area contributed by atoms with Crippen LogP contribution in [0.25, 0.3) is 0 Å². The van der Waals surface area contributed by atoms with Crippen LogP contribution in [0.1, 0.15) is 34.6 Å². The third-order valence-electron chi connectivity index (χ3n) is 2.89. The van der Waals surface area contributed by atoms with E-state index in [9.17, 15) is 9.59 Å². The molecule has 1 fully saturated rings. The Hall–Kier alpha value is -1.06. The molecule has 1 aliphatic heterocycles. The highest BCUT2D eigenvalue weighted by atomic mass is 16.6. The summed E-state index contributed by atoms with van der Waals surface area (Å²) in [5, 5.41) is 0. The van der Waals surface area contributed by atoms with Crippen LogP contribution < -0.4 is 0 Å². The lowest BCUT2D eigenvalue weighted by atomic mass is 9.78. The van der Waals surface area contributed by atoms with Crippen LogP contribution in [0.3, 0.4) is 0 Å². The van der Waals surface area contributed by atoms with Crippen LogP contribution in [-0.2, 0) is 19.1 Å². The molecular formula is C12H20O4. The Morgan fingerprint density at radius 2 is 2.00 bits per heavy atom. The molecular weight excluding hydrogens is 208 g/mol. The lowest BCUT2D eigenvalue weighted by Gasteiger charge is -2.29. The molecule has 3 atom stereocenters. The molecule has 92 valence electrons. The topological polar surface area (TPSA) is 52.6 Å². The second kappa shape index (κ2) is 4.44. The van der Waals surface area contributed by atoms with Crippen molar-refractivity contribution in [2.24, 2.45) is 17.3 Å². The number of carbonyl (C=O) groups is 2. The van der Waals surface area contributed by atoms with Gasteiger partial charge in [0.1, 0.15) is 12.0 Å². The number of cyclic esters (lactones) is 1. The zero-order chi connectivity index (χ0) is 12.5. The van der Waals surface area contributed by atoms with Gasteiger partial charge in [-0.1, -0.05) is 27.7 Å². The molecule has 4 heteroatoms. The highest BCUT2D eigenvalue weighted by molar-refractivity contribution is 5.85. The van der Waals surface area contributed by atoms with Gasteiger partial charge in [0.25, 0.3) is 0 Å². The molecule has 0 bridgehead atoms. The van der Waals surface area contributed by atoms with E-state index in [1.807, 2.05) is 20.8 Å². The minimum Gasteiger partial charge on any atom is -0.466 e. The van der Waals surface area contributed by atoms with Crippen LogP contribution in [0.5, 0.6) is 0 Å². The molecule has 1 saturated heterocycles. The number of hydrogen-bond donors (Lipinski definition) is 0. The summed E-state index contributed by atoms with van der Waals surface area (Å²) in [6.45, 7) is 9.66. The van der Waals surface area contributed by atoms with Gasteiger partial charge in [-0.15, -0.1) is 0 Å². The number of rotatable bonds is 2. The fraction of sp³-hybridized carbons (Fsp3) is 0.833. The van der Waals surface area contributed by atoms with Gasteiger partial charge < -0.3 is 9.47 Å². The van der Waals surface area contributed by atoms with Crippen molar-refractivity contribution >= 4 is 11.9 Å². The Morgan fingerprint density at radius 1 is 1.44 bits per heavy atom. The quantitative estimate of drug-likeness (QED) is 0.676. The highest BCUT2D eigenvalue weighted by Crippen LogP contribution is 2.39. The van der Waals surface area contributed by atoms with Crippen molar-refractivity contribution in [1.29, 1.82) is 0 Å². The maximum absolute atomic E-state index is 11.8. The van der Waals surface area contributed by atoms with E-state index < -0.39 is 17.9 Å². The lowest BCUT2D eigenvalue weighted by molar-refractivity contribution is -0.154. The smallest absolute Gasteiger partial charge is 0.313 e. The van der Waals surface area contributed by atoms with Gasteiger partial charge in [-0.25, -0.2) is 0 Å². The lowest BCUT2D eigenvalue weighted by Crippen LogP contribution is -2.38. The van der Waals surface area contributed by atoms with E-state index in [4.69, 9.17) is 9.47 Å². The van der Waals surface area contributed by atoms with Crippen molar-refractivity contribution in [3.05, 3.63) is 0 Å². The van der Waals surface area contributed by atoms with Crippen LogP contribution in [0.2, 0.25) is 0 Å². The third-order valence-corrected chi connectivity index (χ3v) is 2.89. The van der Waals surface area contributed by atoms with Gasteiger partial charge in [-0.2, -0.15) is 0 Å². The molecule has 0 N–H and O–H groups in total. The molecule has 1 rings (SSSR count). The molecule has 0 radical (unpaired) electrons. The van der Waals surface area contributed by atoms with E-state index >= 15 is 0 Å². The van der Waals surface area contributed by atoms with Crippen molar-refractivity contribution in [2.45, 2.75) is 40.7 Å². The minimum absolute atomic E-state index is 0.252. The van der Waals surface area contributed by atoms with Crippen molar-refractivity contribution in [3.63, 3.8) is 0 Å². The second-order valence-electron chi connectivity index (χ2n) is 5.29. The van der Waals surface area contributed by atoms with Crippen LogP contribution >= 0.6 is 0 Å². The molecule has 0 spiro atoms. The first-order chi connectivity index (χ1) is 7.29.